The molecular formula is C13H23N3O. The molecular weight excluding hydrogens is 214 g/mol. The Morgan fingerprint density at radius 1 is 1.35 bits per heavy atom. The zero-order chi connectivity index (χ0) is 12.3. The first-order valence-corrected chi connectivity index (χ1v) is 6.66. The van der Waals surface area contributed by atoms with Gasteiger partial charge in [-0.3, -0.25) is 4.68 Å². The molecule has 1 fully saturated rings. The third-order valence-electron chi connectivity index (χ3n) is 3.72. The smallest absolute Gasteiger partial charge is 0.109 e. The van der Waals surface area contributed by atoms with Crippen molar-refractivity contribution in [1.29, 1.82) is 0 Å². The highest BCUT2D eigenvalue weighted by Gasteiger charge is 2.36. The molecule has 1 saturated heterocycles. The molecule has 4 heteroatoms. The molecule has 0 atom stereocenters. The van der Waals surface area contributed by atoms with Crippen LogP contribution in [0.25, 0.3) is 0 Å². The second kappa shape index (κ2) is 5.19. The molecule has 1 aromatic rings. The topological polar surface area (TPSA) is 41.3 Å². The van der Waals surface area contributed by atoms with Gasteiger partial charge in [0.25, 0.3) is 0 Å². The Kier molecular flexibility index (Phi) is 3.84. The van der Waals surface area contributed by atoms with Gasteiger partial charge in [0.15, 0.2) is 0 Å². The summed E-state index contributed by atoms with van der Waals surface area (Å²) in [6, 6.07) is 1.96. The first-order chi connectivity index (χ1) is 8.19. The SMILES string of the molecule is CCCN1CCC(O)(c2ccnn2CC)CC1. The van der Waals surface area contributed by atoms with Crippen LogP contribution in [-0.4, -0.2) is 39.4 Å². The molecule has 0 saturated carbocycles. The van der Waals surface area contributed by atoms with Crippen LogP contribution in [0, 0.1) is 0 Å². The zero-order valence-electron chi connectivity index (χ0n) is 10.9. The van der Waals surface area contributed by atoms with Crippen LogP contribution in [0.3, 0.4) is 0 Å². The van der Waals surface area contributed by atoms with Gasteiger partial charge in [-0.05, 0) is 38.8 Å². The summed E-state index contributed by atoms with van der Waals surface area (Å²) < 4.78 is 1.91. The summed E-state index contributed by atoms with van der Waals surface area (Å²) in [7, 11) is 0. The highest BCUT2D eigenvalue weighted by atomic mass is 16.3. The first-order valence-electron chi connectivity index (χ1n) is 6.66. The molecule has 1 aliphatic heterocycles. The Balaban J connectivity index is 2.06. The molecule has 4 nitrogen and oxygen atoms in total. The van der Waals surface area contributed by atoms with Crippen LogP contribution >= 0.6 is 0 Å². The maximum Gasteiger partial charge on any atom is 0.109 e. The molecule has 0 unspecified atom stereocenters. The van der Waals surface area contributed by atoms with E-state index in [9.17, 15) is 5.11 Å². The van der Waals surface area contributed by atoms with Gasteiger partial charge in [-0.15, -0.1) is 0 Å². The van der Waals surface area contributed by atoms with Crippen molar-refractivity contribution in [2.45, 2.75) is 45.3 Å². The molecule has 96 valence electrons. The number of rotatable bonds is 4. The van der Waals surface area contributed by atoms with Gasteiger partial charge in [0.2, 0.25) is 0 Å². The van der Waals surface area contributed by atoms with Gasteiger partial charge in [-0.1, -0.05) is 6.92 Å². The van der Waals surface area contributed by atoms with Gasteiger partial charge in [0.05, 0.1) is 5.69 Å². The molecule has 0 amide bonds. The fourth-order valence-electron chi connectivity index (χ4n) is 2.70. The van der Waals surface area contributed by atoms with E-state index in [4.69, 9.17) is 0 Å². The molecule has 1 aromatic heterocycles. The number of aryl methyl sites for hydroxylation is 1. The van der Waals surface area contributed by atoms with Crippen LogP contribution in [0.2, 0.25) is 0 Å². The quantitative estimate of drug-likeness (QED) is 0.864. The molecule has 1 N–H and O–H groups in total. The number of nitrogens with zero attached hydrogens (tertiary/aromatic N) is 3. The van der Waals surface area contributed by atoms with Crippen molar-refractivity contribution in [2.75, 3.05) is 19.6 Å². The maximum atomic E-state index is 10.7. The summed E-state index contributed by atoms with van der Waals surface area (Å²) in [6.07, 6.45) is 4.61. The lowest BCUT2D eigenvalue weighted by Gasteiger charge is -2.38. The number of hydrogen-bond acceptors (Lipinski definition) is 3. The van der Waals surface area contributed by atoms with Crippen molar-refractivity contribution in [2.24, 2.45) is 0 Å². The average Bonchev–Trinajstić information content (AvgIpc) is 2.81. The molecule has 2 rings (SSSR count). The van der Waals surface area contributed by atoms with Crippen LogP contribution in [0.1, 0.15) is 38.8 Å². The van der Waals surface area contributed by atoms with Crippen molar-refractivity contribution in [3.8, 4) is 0 Å². The summed E-state index contributed by atoms with van der Waals surface area (Å²) in [6.45, 7) is 8.20. The van der Waals surface area contributed by atoms with Crippen LogP contribution in [0.4, 0.5) is 0 Å². The lowest BCUT2D eigenvalue weighted by molar-refractivity contribution is -0.0324. The summed E-state index contributed by atoms with van der Waals surface area (Å²) >= 11 is 0. The highest BCUT2D eigenvalue weighted by Crippen LogP contribution is 2.32. The summed E-state index contributed by atoms with van der Waals surface area (Å²) in [4.78, 5) is 2.43. The van der Waals surface area contributed by atoms with Crippen molar-refractivity contribution in [3.05, 3.63) is 18.0 Å². The van der Waals surface area contributed by atoms with Crippen LogP contribution in [0.15, 0.2) is 12.3 Å². The molecule has 1 aliphatic rings. The highest BCUT2D eigenvalue weighted by molar-refractivity contribution is 5.13. The van der Waals surface area contributed by atoms with Crippen molar-refractivity contribution < 1.29 is 5.11 Å². The number of aromatic nitrogens is 2. The second-order valence-electron chi connectivity index (χ2n) is 4.91. The number of aliphatic hydroxyl groups is 1. The molecule has 0 bridgehead atoms. The van der Waals surface area contributed by atoms with E-state index >= 15 is 0 Å². The van der Waals surface area contributed by atoms with Gasteiger partial charge in [0.1, 0.15) is 5.60 Å². The lowest BCUT2D eigenvalue weighted by atomic mass is 9.88. The second-order valence-corrected chi connectivity index (χ2v) is 4.91. The molecule has 0 radical (unpaired) electrons. The summed E-state index contributed by atoms with van der Waals surface area (Å²) in [5.41, 5.74) is 0.313. The summed E-state index contributed by atoms with van der Waals surface area (Å²) in [5, 5.41) is 15.0. The fourth-order valence-corrected chi connectivity index (χ4v) is 2.70. The Bertz CT molecular complexity index is 353. The third-order valence-corrected chi connectivity index (χ3v) is 3.72. The van der Waals surface area contributed by atoms with E-state index in [0.717, 1.165) is 44.7 Å². The van der Waals surface area contributed by atoms with E-state index in [1.54, 1.807) is 6.20 Å². The van der Waals surface area contributed by atoms with Gasteiger partial charge in [0, 0.05) is 25.8 Å². The molecule has 0 spiro atoms. The average molecular weight is 237 g/mol. The van der Waals surface area contributed by atoms with E-state index in [1.165, 1.54) is 6.42 Å². The Morgan fingerprint density at radius 2 is 2.06 bits per heavy atom. The van der Waals surface area contributed by atoms with E-state index in [2.05, 4.69) is 23.8 Å². The number of likely N-dealkylation sites (tertiary alicyclic amines) is 1. The predicted octanol–water partition coefficient (Wildman–Crippen LogP) is 1.60. The number of piperidine rings is 1. The van der Waals surface area contributed by atoms with Gasteiger partial charge in [-0.2, -0.15) is 5.10 Å². The van der Waals surface area contributed by atoms with Crippen LogP contribution in [-0.2, 0) is 12.1 Å². The minimum atomic E-state index is -0.670. The lowest BCUT2D eigenvalue weighted by Crippen LogP contribution is -2.43. The fraction of sp³-hybridized carbons (Fsp3) is 0.769. The van der Waals surface area contributed by atoms with E-state index in [-0.39, 0.29) is 0 Å². The zero-order valence-corrected chi connectivity index (χ0v) is 10.9. The van der Waals surface area contributed by atoms with Crippen molar-refractivity contribution in [1.82, 2.24) is 14.7 Å². The van der Waals surface area contributed by atoms with E-state index in [0.29, 0.717) is 0 Å². The molecule has 2 heterocycles. The molecule has 17 heavy (non-hydrogen) atoms. The maximum absolute atomic E-state index is 10.7. The predicted molar refractivity (Wildman–Crippen MR) is 67.8 cm³/mol. The molecule has 0 aromatic carbocycles. The van der Waals surface area contributed by atoms with E-state index < -0.39 is 5.60 Å². The van der Waals surface area contributed by atoms with Crippen LogP contribution < -0.4 is 0 Å². The largest absolute Gasteiger partial charge is 0.383 e. The summed E-state index contributed by atoms with van der Waals surface area (Å²) in [5.74, 6) is 0. The number of hydrogen-bond donors (Lipinski definition) is 1. The minimum Gasteiger partial charge on any atom is -0.383 e. The Labute approximate surface area is 103 Å². The Morgan fingerprint density at radius 3 is 2.65 bits per heavy atom. The first kappa shape index (κ1) is 12.6. The monoisotopic (exact) mass is 237 g/mol. The van der Waals surface area contributed by atoms with Gasteiger partial charge in [-0.25, -0.2) is 0 Å². The van der Waals surface area contributed by atoms with Gasteiger partial charge < -0.3 is 10.0 Å². The Hall–Kier alpha value is -0.870. The molecule has 0 aliphatic carbocycles. The minimum absolute atomic E-state index is 0.670. The van der Waals surface area contributed by atoms with E-state index in [1.807, 2.05) is 10.7 Å². The third kappa shape index (κ3) is 2.53. The van der Waals surface area contributed by atoms with Crippen molar-refractivity contribution >= 4 is 0 Å². The van der Waals surface area contributed by atoms with Crippen molar-refractivity contribution in [3.63, 3.8) is 0 Å². The normalized spacial score (nSPS) is 20.6. The van der Waals surface area contributed by atoms with Gasteiger partial charge >= 0.3 is 0 Å². The van der Waals surface area contributed by atoms with Crippen LogP contribution in [0.5, 0.6) is 0 Å². The standard InChI is InChI=1S/C13H23N3O/c1-3-9-15-10-6-13(17,7-11-15)12-5-8-14-16(12)4-2/h5,8,17H,3-4,6-7,9-11H2,1-2H3.